The van der Waals surface area contributed by atoms with Gasteiger partial charge in [-0.05, 0) is 31.5 Å². The van der Waals surface area contributed by atoms with Gasteiger partial charge in [0, 0.05) is 71.0 Å². The van der Waals surface area contributed by atoms with Crippen LogP contribution in [0, 0.1) is 5.92 Å². The molecule has 30 heavy (non-hydrogen) atoms. The van der Waals surface area contributed by atoms with Crippen molar-refractivity contribution in [3.8, 4) is 11.5 Å². The van der Waals surface area contributed by atoms with Crippen molar-refractivity contribution in [1.29, 1.82) is 0 Å². The van der Waals surface area contributed by atoms with E-state index < -0.39 is 0 Å². The quantitative estimate of drug-likeness (QED) is 0.464. The van der Waals surface area contributed by atoms with Crippen molar-refractivity contribution in [2.75, 3.05) is 73.6 Å². The average Bonchev–Trinajstić information content (AvgIpc) is 2.77. The van der Waals surface area contributed by atoms with Gasteiger partial charge in [-0.2, -0.15) is 0 Å². The van der Waals surface area contributed by atoms with Gasteiger partial charge < -0.3 is 29.5 Å². The molecular formula is C23H41N5O2. The molecule has 1 aromatic carbocycles. The summed E-state index contributed by atoms with van der Waals surface area (Å²) in [4.78, 5) is 12.2. The first kappa shape index (κ1) is 24.3. The number of benzene rings is 1. The van der Waals surface area contributed by atoms with Gasteiger partial charge in [0.15, 0.2) is 5.96 Å². The van der Waals surface area contributed by atoms with Crippen LogP contribution in [-0.2, 0) is 6.54 Å². The summed E-state index contributed by atoms with van der Waals surface area (Å²) in [5.41, 5.74) is 1.10. The van der Waals surface area contributed by atoms with Crippen LogP contribution in [0.2, 0.25) is 0 Å². The zero-order valence-electron chi connectivity index (χ0n) is 19.8. The molecule has 1 aliphatic rings. The second kappa shape index (κ2) is 12.6. The number of guanidine groups is 1. The molecule has 0 bridgehead atoms. The Morgan fingerprint density at radius 3 is 2.43 bits per heavy atom. The van der Waals surface area contributed by atoms with Crippen molar-refractivity contribution < 1.29 is 9.47 Å². The first-order valence-electron chi connectivity index (χ1n) is 11.2. The second-order valence-electron chi connectivity index (χ2n) is 8.07. The molecule has 7 heteroatoms. The molecule has 1 fully saturated rings. The summed E-state index contributed by atoms with van der Waals surface area (Å²) >= 11 is 0. The zero-order chi connectivity index (χ0) is 21.9. The molecule has 1 saturated heterocycles. The van der Waals surface area contributed by atoms with E-state index in [-0.39, 0.29) is 0 Å². The Balaban J connectivity index is 1.94. The van der Waals surface area contributed by atoms with Gasteiger partial charge in [-0.1, -0.05) is 13.8 Å². The Bertz CT molecular complexity index is 659. The van der Waals surface area contributed by atoms with Gasteiger partial charge in [-0.3, -0.25) is 4.99 Å². The van der Waals surface area contributed by atoms with E-state index in [0.29, 0.717) is 12.5 Å². The minimum absolute atomic E-state index is 0.524. The summed E-state index contributed by atoms with van der Waals surface area (Å²) in [5, 5.41) is 3.43. The van der Waals surface area contributed by atoms with Crippen LogP contribution in [0.5, 0.6) is 11.5 Å². The molecule has 0 aromatic heterocycles. The number of methoxy groups -OCH3 is 2. The van der Waals surface area contributed by atoms with E-state index in [4.69, 9.17) is 14.5 Å². The standard InChI is InChI=1S/C23H41N5O2/c1-7-24-23(25-16-19(3)17-28-13-11-27(8-2)12-14-28)26(4)18-20-9-10-21(29-5)15-22(20)30-6/h9-10,15,19H,7-8,11-14,16-18H2,1-6H3,(H,24,25). The Morgan fingerprint density at radius 2 is 1.83 bits per heavy atom. The highest BCUT2D eigenvalue weighted by Gasteiger charge is 2.18. The Labute approximate surface area is 183 Å². The van der Waals surface area contributed by atoms with Crippen LogP contribution in [-0.4, -0.2) is 94.3 Å². The fourth-order valence-electron chi connectivity index (χ4n) is 3.81. The SMILES string of the molecule is CCNC(=NCC(C)CN1CCN(CC)CC1)N(C)Cc1ccc(OC)cc1OC. The summed E-state index contributed by atoms with van der Waals surface area (Å²) in [6.45, 7) is 16.0. The molecule has 170 valence electrons. The molecular weight excluding hydrogens is 378 g/mol. The van der Waals surface area contributed by atoms with Gasteiger partial charge >= 0.3 is 0 Å². The molecule has 0 spiro atoms. The van der Waals surface area contributed by atoms with Gasteiger partial charge in [-0.25, -0.2) is 0 Å². The normalized spacial score (nSPS) is 16.9. The predicted octanol–water partition coefficient (Wildman–Crippen LogP) is 2.37. The van der Waals surface area contributed by atoms with Crippen LogP contribution >= 0.6 is 0 Å². The summed E-state index contributed by atoms with van der Waals surface area (Å²) < 4.78 is 10.9. The maximum absolute atomic E-state index is 5.55. The summed E-state index contributed by atoms with van der Waals surface area (Å²) in [6.07, 6.45) is 0. The number of ether oxygens (including phenoxy) is 2. The molecule has 0 saturated carbocycles. The third kappa shape index (κ3) is 7.36. The monoisotopic (exact) mass is 419 g/mol. The summed E-state index contributed by atoms with van der Waals surface area (Å²) in [5.74, 6) is 3.08. The molecule has 7 nitrogen and oxygen atoms in total. The predicted molar refractivity (Wildman–Crippen MR) is 125 cm³/mol. The molecule has 0 radical (unpaired) electrons. The lowest BCUT2D eigenvalue weighted by Crippen LogP contribution is -2.47. The third-order valence-corrected chi connectivity index (χ3v) is 5.63. The van der Waals surface area contributed by atoms with E-state index in [1.807, 2.05) is 12.1 Å². The van der Waals surface area contributed by atoms with Gasteiger partial charge in [-0.15, -0.1) is 0 Å². The van der Waals surface area contributed by atoms with Gasteiger partial charge in [0.25, 0.3) is 0 Å². The molecule has 0 aliphatic carbocycles. The Kier molecular flexibility index (Phi) is 10.2. The number of hydrogen-bond acceptors (Lipinski definition) is 5. The van der Waals surface area contributed by atoms with E-state index >= 15 is 0 Å². The number of nitrogens with zero attached hydrogens (tertiary/aromatic N) is 4. The highest BCUT2D eigenvalue weighted by Crippen LogP contribution is 2.25. The first-order valence-corrected chi connectivity index (χ1v) is 11.2. The fraction of sp³-hybridized carbons (Fsp3) is 0.696. The number of likely N-dealkylation sites (N-methyl/N-ethyl adjacent to an activating group) is 1. The largest absolute Gasteiger partial charge is 0.497 e. The van der Waals surface area contributed by atoms with Crippen LogP contribution in [0.25, 0.3) is 0 Å². The minimum atomic E-state index is 0.524. The first-order chi connectivity index (χ1) is 14.5. The fourth-order valence-corrected chi connectivity index (χ4v) is 3.81. The molecule has 1 heterocycles. The second-order valence-corrected chi connectivity index (χ2v) is 8.07. The molecule has 1 N–H and O–H groups in total. The van der Waals surface area contributed by atoms with Gasteiger partial charge in [0.2, 0.25) is 0 Å². The molecule has 1 aliphatic heterocycles. The summed E-state index contributed by atoms with van der Waals surface area (Å²) in [6, 6.07) is 5.94. The lowest BCUT2D eigenvalue weighted by molar-refractivity contribution is 0.125. The smallest absolute Gasteiger partial charge is 0.193 e. The number of aliphatic imine (C=N–C) groups is 1. The minimum Gasteiger partial charge on any atom is -0.497 e. The zero-order valence-corrected chi connectivity index (χ0v) is 19.8. The molecule has 1 unspecified atom stereocenters. The highest BCUT2D eigenvalue weighted by atomic mass is 16.5. The summed E-state index contributed by atoms with van der Waals surface area (Å²) in [7, 11) is 5.43. The Morgan fingerprint density at radius 1 is 1.13 bits per heavy atom. The van der Waals surface area contributed by atoms with Gasteiger partial charge in [0.05, 0.1) is 14.2 Å². The van der Waals surface area contributed by atoms with E-state index in [0.717, 1.165) is 49.2 Å². The van der Waals surface area contributed by atoms with Crippen molar-refractivity contribution in [1.82, 2.24) is 20.0 Å². The molecule has 1 aromatic rings. The maximum atomic E-state index is 5.55. The number of hydrogen-bond donors (Lipinski definition) is 1. The van der Waals surface area contributed by atoms with Crippen molar-refractivity contribution in [2.24, 2.45) is 10.9 Å². The van der Waals surface area contributed by atoms with Gasteiger partial charge in [0.1, 0.15) is 11.5 Å². The van der Waals surface area contributed by atoms with Crippen LogP contribution in [0.4, 0.5) is 0 Å². The average molecular weight is 420 g/mol. The lowest BCUT2D eigenvalue weighted by Gasteiger charge is -2.35. The number of rotatable bonds is 10. The molecule has 1 atom stereocenters. The number of piperazine rings is 1. The van der Waals surface area contributed by atoms with Crippen LogP contribution in [0.15, 0.2) is 23.2 Å². The van der Waals surface area contributed by atoms with Crippen LogP contribution in [0.1, 0.15) is 26.3 Å². The lowest BCUT2D eigenvalue weighted by atomic mass is 10.1. The Hall–Kier alpha value is -1.99. The van der Waals surface area contributed by atoms with Crippen LogP contribution in [0.3, 0.4) is 0 Å². The van der Waals surface area contributed by atoms with Crippen LogP contribution < -0.4 is 14.8 Å². The highest BCUT2D eigenvalue weighted by molar-refractivity contribution is 5.79. The van der Waals surface area contributed by atoms with E-state index in [2.05, 4.69) is 53.9 Å². The van der Waals surface area contributed by atoms with Crippen molar-refractivity contribution in [3.63, 3.8) is 0 Å². The maximum Gasteiger partial charge on any atom is 0.193 e. The third-order valence-electron chi connectivity index (χ3n) is 5.63. The topological polar surface area (TPSA) is 52.6 Å². The van der Waals surface area contributed by atoms with E-state index in [1.54, 1.807) is 14.2 Å². The number of nitrogens with one attached hydrogen (secondary N) is 1. The van der Waals surface area contributed by atoms with E-state index in [1.165, 1.54) is 26.2 Å². The van der Waals surface area contributed by atoms with Crippen molar-refractivity contribution in [3.05, 3.63) is 23.8 Å². The molecule has 2 rings (SSSR count). The van der Waals surface area contributed by atoms with Crippen molar-refractivity contribution in [2.45, 2.75) is 27.3 Å². The van der Waals surface area contributed by atoms with E-state index in [9.17, 15) is 0 Å². The van der Waals surface area contributed by atoms with Crippen molar-refractivity contribution >= 4 is 5.96 Å². The molecule has 0 amide bonds.